The standard InChI is InChI=1S/C12H14N2O3/c15-12(14-16)10-8-17-11(13-10)7-6-9-4-2-1-3-5-9/h1-5,10,16H,6-8H2,(H,14,15)/t10-/m1/s1. The monoisotopic (exact) mass is 234 g/mol. The predicted octanol–water partition coefficient (Wildman–Crippen LogP) is 0.922. The lowest BCUT2D eigenvalue weighted by Crippen LogP contribution is -2.31. The molecule has 0 radical (unpaired) electrons. The number of hydrogen-bond donors (Lipinski definition) is 2. The molecule has 1 aliphatic rings. The Bertz CT molecular complexity index is 417. The molecule has 0 spiro atoms. The van der Waals surface area contributed by atoms with E-state index in [4.69, 9.17) is 9.94 Å². The van der Waals surface area contributed by atoms with Crippen LogP contribution in [0.25, 0.3) is 0 Å². The summed E-state index contributed by atoms with van der Waals surface area (Å²) in [6.07, 6.45) is 1.49. The highest BCUT2D eigenvalue weighted by molar-refractivity contribution is 5.87. The van der Waals surface area contributed by atoms with Gasteiger partial charge in [0.1, 0.15) is 6.61 Å². The molecule has 0 saturated carbocycles. The number of nitrogens with one attached hydrogen (secondary N) is 1. The van der Waals surface area contributed by atoms with Gasteiger partial charge >= 0.3 is 0 Å². The molecule has 0 aliphatic carbocycles. The van der Waals surface area contributed by atoms with E-state index in [1.807, 2.05) is 30.3 Å². The SMILES string of the molecule is O=C(NO)[C@H]1COC(CCc2ccccc2)=N1. The summed E-state index contributed by atoms with van der Waals surface area (Å²) >= 11 is 0. The molecule has 1 aromatic carbocycles. The lowest BCUT2D eigenvalue weighted by Gasteiger charge is -2.01. The van der Waals surface area contributed by atoms with Gasteiger partial charge in [0, 0.05) is 6.42 Å². The summed E-state index contributed by atoms with van der Waals surface area (Å²) in [7, 11) is 0. The number of rotatable bonds is 4. The maximum atomic E-state index is 11.1. The average Bonchev–Trinajstić information content (AvgIpc) is 2.85. The summed E-state index contributed by atoms with van der Waals surface area (Å²) in [5.41, 5.74) is 2.78. The van der Waals surface area contributed by atoms with Gasteiger partial charge in [0.05, 0.1) is 0 Å². The van der Waals surface area contributed by atoms with Crippen LogP contribution in [0.5, 0.6) is 0 Å². The zero-order valence-electron chi connectivity index (χ0n) is 9.30. The van der Waals surface area contributed by atoms with Crippen LogP contribution in [0, 0.1) is 0 Å². The molecule has 1 heterocycles. The Morgan fingerprint density at radius 1 is 1.41 bits per heavy atom. The van der Waals surface area contributed by atoms with Crippen molar-refractivity contribution in [3.8, 4) is 0 Å². The zero-order chi connectivity index (χ0) is 12.1. The van der Waals surface area contributed by atoms with Crippen molar-refractivity contribution in [3.63, 3.8) is 0 Å². The van der Waals surface area contributed by atoms with Crippen LogP contribution in [0.3, 0.4) is 0 Å². The molecule has 2 rings (SSSR count). The molecule has 17 heavy (non-hydrogen) atoms. The van der Waals surface area contributed by atoms with E-state index < -0.39 is 11.9 Å². The first kappa shape index (κ1) is 11.6. The molecule has 5 nitrogen and oxygen atoms in total. The molecule has 2 N–H and O–H groups in total. The number of carbonyl (C=O) groups is 1. The van der Waals surface area contributed by atoms with Gasteiger partial charge in [-0.05, 0) is 12.0 Å². The largest absolute Gasteiger partial charge is 0.478 e. The molecule has 5 heteroatoms. The number of nitrogens with zero attached hydrogens (tertiary/aromatic N) is 1. The van der Waals surface area contributed by atoms with Gasteiger partial charge in [-0.2, -0.15) is 0 Å². The normalized spacial score (nSPS) is 18.4. The first-order valence-corrected chi connectivity index (χ1v) is 5.47. The van der Waals surface area contributed by atoms with Gasteiger partial charge in [0.25, 0.3) is 5.91 Å². The highest BCUT2D eigenvalue weighted by atomic mass is 16.5. The van der Waals surface area contributed by atoms with E-state index in [0.29, 0.717) is 12.3 Å². The van der Waals surface area contributed by atoms with Crippen molar-refractivity contribution in [1.82, 2.24) is 5.48 Å². The number of benzene rings is 1. The average molecular weight is 234 g/mol. The lowest BCUT2D eigenvalue weighted by atomic mass is 10.1. The molecule has 0 unspecified atom stereocenters. The van der Waals surface area contributed by atoms with Crippen LogP contribution in [0.1, 0.15) is 12.0 Å². The highest BCUT2D eigenvalue weighted by Crippen LogP contribution is 2.10. The second kappa shape index (κ2) is 5.45. The Morgan fingerprint density at radius 3 is 2.88 bits per heavy atom. The minimum atomic E-state index is -0.620. The Morgan fingerprint density at radius 2 is 2.18 bits per heavy atom. The summed E-state index contributed by atoms with van der Waals surface area (Å²) in [6, 6.07) is 9.38. The van der Waals surface area contributed by atoms with Gasteiger partial charge in [-0.15, -0.1) is 0 Å². The minimum absolute atomic E-state index is 0.205. The smallest absolute Gasteiger partial charge is 0.271 e. The van der Waals surface area contributed by atoms with E-state index in [-0.39, 0.29) is 6.61 Å². The van der Waals surface area contributed by atoms with E-state index in [1.54, 1.807) is 5.48 Å². The van der Waals surface area contributed by atoms with Crippen LogP contribution in [-0.2, 0) is 16.0 Å². The molecule has 1 aliphatic heterocycles. The number of ether oxygens (including phenoxy) is 1. The third kappa shape index (κ3) is 3.04. The van der Waals surface area contributed by atoms with Crippen molar-refractivity contribution in [3.05, 3.63) is 35.9 Å². The first-order valence-electron chi connectivity index (χ1n) is 5.47. The molecular formula is C12H14N2O3. The van der Waals surface area contributed by atoms with Crippen LogP contribution >= 0.6 is 0 Å². The molecule has 1 aromatic rings. The summed E-state index contributed by atoms with van der Waals surface area (Å²) in [6.45, 7) is 0.205. The first-order chi connectivity index (χ1) is 8.29. The molecule has 0 bridgehead atoms. The van der Waals surface area contributed by atoms with Crippen LogP contribution in [-0.4, -0.2) is 29.7 Å². The van der Waals surface area contributed by atoms with Gasteiger partial charge in [-0.25, -0.2) is 10.5 Å². The number of hydroxylamine groups is 1. The zero-order valence-corrected chi connectivity index (χ0v) is 9.30. The second-order valence-corrected chi connectivity index (χ2v) is 3.81. The van der Waals surface area contributed by atoms with E-state index in [9.17, 15) is 4.79 Å². The van der Waals surface area contributed by atoms with Crippen molar-refractivity contribution < 1.29 is 14.7 Å². The van der Waals surface area contributed by atoms with Gasteiger partial charge in [-0.1, -0.05) is 30.3 Å². The maximum absolute atomic E-state index is 11.1. The second-order valence-electron chi connectivity index (χ2n) is 3.81. The number of amides is 1. The van der Waals surface area contributed by atoms with Crippen molar-refractivity contribution in [2.24, 2.45) is 4.99 Å². The van der Waals surface area contributed by atoms with Crippen molar-refractivity contribution in [1.29, 1.82) is 0 Å². The van der Waals surface area contributed by atoms with Crippen molar-refractivity contribution in [2.75, 3.05) is 6.61 Å². The molecular weight excluding hydrogens is 220 g/mol. The van der Waals surface area contributed by atoms with Crippen molar-refractivity contribution in [2.45, 2.75) is 18.9 Å². The van der Waals surface area contributed by atoms with Gasteiger partial charge in [-0.3, -0.25) is 10.0 Å². The minimum Gasteiger partial charge on any atom is -0.478 e. The number of carbonyl (C=O) groups excluding carboxylic acids is 1. The highest BCUT2D eigenvalue weighted by Gasteiger charge is 2.24. The fourth-order valence-corrected chi connectivity index (χ4v) is 1.66. The van der Waals surface area contributed by atoms with Crippen LogP contribution < -0.4 is 5.48 Å². The summed E-state index contributed by atoms with van der Waals surface area (Å²) in [5.74, 6) is 0.0437. The Balaban J connectivity index is 1.87. The predicted molar refractivity (Wildman–Crippen MR) is 61.9 cm³/mol. The fourth-order valence-electron chi connectivity index (χ4n) is 1.66. The van der Waals surface area contributed by atoms with Gasteiger partial charge < -0.3 is 4.74 Å². The van der Waals surface area contributed by atoms with Crippen molar-refractivity contribution >= 4 is 11.8 Å². The fraction of sp³-hybridized carbons (Fsp3) is 0.333. The molecule has 1 amide bonds. The molecule has 0 aromatic heterocycles. The Labute approximate surface area is 99.1 Å². The lowest BCUT2D eigenvalue weighted by molar-refractivity contribution is -0.130. The van der Waals surface area contributed by atoms with Gasteiger partial charge in [0.15, 0.2) is 11.9 Å². The Hall–Kier alpha value is -1.88. The molecule has 0 fully saturated rings. The van der Waals surface area contributed by atoms with Crippen LogP contribution in [0.2, 0.25) is 0 Å². The maximum Gasteiger partial charge on any atom is 0.271 e. The van der Waals surface area contributed by atoms with E-state index in [0.717, 1.165) is 6.42 Å². The number of hydrogen-bond acceptors (Lipinski definition) is 4. The van der Waals surface area contributed by atoms with Crippen LogP contribution in [0.15, 0.2) is 35.3 Å². The molecule has 1 atom stereocenters. The topological polar surface area (TPSA) is 70.9 Å². The summed E-state index contributed by atoms with van der Waals surface area (Å²) < 4.78 is 5.29. The van der Waals surface area contributed by atoms with Crippen LogP contribution in [0.4, 0.5) is 0 Å². The summed E-state index contributed by atoms with van der Waals surface area (Å²) in [5, 5.41) is 8.47. The summed E-state index contributed by atoms with van der Waals surface area (Å²) in [4.78, 5) is 15.2. The third-order valence-electron chi connectivity index (χ3n) is 2.59. The number of aliphatic imine (C=N–C) groups is 1. The van der Waals surface area contributed by atoms with Gasteiger partial charge in [0.2, 0.25) is 0 Å². The third-order valence-corrected chi connectivity index (χ3v) is 2.59. The molecule has 0 saturated heterocycles. The quantitative estimate of drug-likeness (QED) is 0.601. The van der Waals surface area contributed by atoms with E-state index in [2.05, 4.69) is 4.99 Å². The Kier molecular flexibility index (Phi) is 3.72. The van der Waals surface area contributed by atoms with E-state index >= 15 is 0 Å². The van der Waals surface area contributed by atoms with E-state index in [1.165, 1.54) is 5.56 Å². The number of aryl methyl sites for hydroxylation is 1. The molecule has 90 valence electrons.